The van der Waals surface area contributed by atoms with Crippen molar-refractivity contribution < 1.29 is 9.53 Å². The van der Waals surface area contributed by atoms with Crippen molar-refractivity contribution >= 4 is 5.91 Å². The van der Waals surface area contributed by atoms with Gasteiger partial charge >= 0.3 is 0 Å². The zero-order chi connectivity index (χ0) is 11.7. The minimum absolute atomic E-state index is 0.0812. The van der Waals surface area contributed by atoms with Crippen molar-refractivity contribution in [1.82, 2.24) is 5.32 Å². The van der Waals surface area contributed by atoms with Gasteiger partial charge in [0.1, 0.15) is 0 Å². The number of carbonyl (C=O) groups excluding carboxylic acids is 1. The second-order valence-corrected chi connectivity index (χ2v) is 3.92. The molecule has 0 saturated heterocycles. The Morgan fingerprint density at radius 3 is 2.80 bits per heavy atom. The van der Waals surface area contributed by atoms with Gasteiger partial charge in [0.25, 0.3) is 0 Å². The summed E-state index contributed by atoms with van der Waals surface area (Å²) in [7, 11) is 0. The molecule has 0 fully saturated rings. The number of hydrogen-bond donors (Lipinski definition) is 2. The van der Waals surface area contributed by atoms with E-state index in [2.05, 4.69) is 11.9 Å². The third-order valence-corrected chi connectivity index (χ3v) is 1.92. The van der Waals surface area contributed by atoms with Gasteiger partial charge in [-0.2, -0.15) is 0 Å². The van der Waals surface area contributed by atoms with Crippen LogP contribution in [0.1, 0.15) is 26.7 Å². The quantitative estimate of drug-likeness (QED) is 0.468. The van der Waals surface area contributed by atoms with Crippen molar-refractivity contribution in [3.8, 4) is 0 Å². The SMILES string of the molecule is C=COCCCNC(=O)[C@@H](N)CC(C)C. The normalized spacial score (nSPS) is 12.3. The molecule has 0 aliphatic heterocycles. The van der Waals surface area contributed by atoms with Crippen LogP contribution in [0.3, 0.4) is 0 Å². The van der Waals surface area contributed by atoms with Crippen LogP contribution in [0.25, 0.3) is 0 Å². The topological polar surface area (TPSA) is 64.3 Å². The van der Waals surface area contributed by atoms with Crippen molar-refractivity contribution in [1.29, 1.82) is 0 Å². The molecule has 0 unspecified atom stereocenters. The van der Waals surface area contributed by atoms with E-state index >= 15 is 0 Å². The minimum atomic E-state index is -0.398. The van der Waals surface area contributed by atoms with Crippen LogP contribution >= 0.6 is 0 Å². The summed E-state index contributed by atoms with van der Waals surface area (Å²) >= 11 is 0. The van der Waals surface area contributed by atoms with Gasteiger partial charge in [0, 0.05) is 6.54 Å². The van der Waals surface area contributed by atoms with Crippen molar-refractivity contribution in [2.24, 2.45) is 11.7 Å². The summed E-state index contributed by atoms with van der Waals surface area (Å²) in [4.78, 5) is 11.4. The van der Waals surface area contributed by atoms with Gasteiger partial charge in [-0.05, 0) is 18.8 Å². The van der Waals surface area contributed by atoms with E-state index in [1.807, 2.05) is 13.8 Å². The number of carbonyl (C=O) groups is 1. The molecule has 15 heavy (non-hydrogen) atoms. The Hall–Kier alpha value is -1.03. The molecule has 1 amide bonds. The van der Waals surface area contributed by atoms with Crippen LogP contribution in [0, 0.1) is 5.92 Å². The predicted octanol–water partition coefficient (Wildman–Crippen LogP) is 1.03. The van der Waals surface area contributed by atoms with E-state index < -0.39 is 6.04 Å². The lowest BCUT2D eigenvalue weighted by molar-refractivity contribution is -0.122. The van der Waals surface area contributed by atoms with Crippen LogP contribution < -0.4 is 11.1 Å². The van der Waals surface area contributed by atoms with E-state index in [1.54, 1.807) is 0 Å². The molecule has 0 radical (unpaired) electrons. The predicted molar refractivity (Wildman–Crippen MR) is 61.2 cm³/mol. The summed E-state index contributed by atoms with van der Waals surface area (Å²) in [5.41, 5.74) is 5.70. The zero-order valence-electron chi connectivity index (χ0n) is 9.66. The fraction of sp³-hybridized carbons (Fsp3) is 0.727. The van der Waals surface area contributed by atoms with Gasteiger partial charge in [-0.25, -0.2) is 0 Å². The number of nitrogens with one attached hydrogen (secondary N) is 1. The summed E-state index contributed by atoms with van der Waals surface area (Å²) in [5, 5.41) is 2.77. The van der Waals surface area contributed by atoms with Gasteiger partial charge in [0.15, 0.2) is 0 Å². The van der Waals surface area contributed by atoms with Crippen LogP contribution in [-0.4, -0.2) is 25.1 Å². The Bertz CT molecular complexity index is 193. The van der Waals surface area contributed by atoms with E-state index in [1.165, 1.54) is 6.26 Å². The molecule has 0 aliphatic carbocycles. The smallest absolute Gasteiger partial charge is 0.236 e. The Labute approximate surface area is 91.9 Å². The number of nitrogens with two attached hydrogens (primary N) is 1. The monoisotopic (exact) mass is 214 g/mol. The average molecular weight is 214 g/mol. The molecular formula is C11H22N2O2. The third kappa shape index (κ3) is 8.00. The lowest BCUT2D eigenvalue weighted by atomic mass is 10.0. The average Bonchev–Trinajstić information content (AvgIpc) is 2.16. The molecule has 0 heterocycles. The van der Waals surface area contributed by atoms with Gasteiger partial charge < -0.3 is 15.8 Å². The molecule has 0 saturated carbocycles. The number of hydrogen-bond acceptors (Lipinski definition) is 3. The Morgan fingerprint density at radius 1 is 1.60 bits per heavy atom. The molecule has 0 aromatic carbocycles. The lowest BCUT2D eigenvalue weighted by Crippen LogP contribution is -2.41. The molecule has 1 atom stereocenters. The summed E-state index contributed by atoms with van der Waals surface area (Å²) in [6, 6.07) is -0.398. The number of amides is 1. The molecule has 0 aliphatic rings. The van der Waals surface area contributed by atoms with Crippen molar-refractivity contribution in [3.05, 3.63) is 12.8 Å². The third-order valence-electron chi connectivity index (χ3n) is 1.92. The molecule has 4 heteroatoms. The molecule has 88 valence electrons. The molecule has 0 bridgehead atoms. The first kappa shape index (κ1) is 14.0. The molecule has 0 aromatic rings. The Kier molecular flexibility index (Phi) is 7.72. The van der Waals surface area contributed by atoms with E-state index in [0.717, 1.165) is 12.8 Å². The fourth-order valence-electron chi connectivity index (χ4n) is 1.20. The van der Waals surface area contributed by atoms with E-state index in [0.29, 0.717) is 19.1 Å². The zero-order valence-corrected chi connectivity index (χ0v) is 9.66. The van der Waals surface area contributed by atoms with Gasteiger partial charge in [0.05, 0.1) is 18.9 Å². The van der Waals surface area contributed by atoms with Crippen LogP contribution in [0.4, 0.5) is 0 Å². The highest BCUT2D eigenvalue weighted by Gasteiger charge is 2.13. The van der Waals surface area contributed by atoms with Crippen molar-refractivity contribution in [2.75, 3.05) is 13.2 Å². The largest absolute Gasteiger partial charge is 0.502 e. The van der Waals surface area contributed by atoms with Crippen molar-refractivity contribution in [2.45, 2.75) is 32.7 Å². The second kappa shape index (κ2) is 8.29. The van der Waals surface area contributed by atoms with E-state index in [9.17, 15) is 4.79 Å². The van der Waals surface area contributed by atoms with Crippen LogP contribution in [0.5, 0.6) is 0 Å². The maximum absolute atomic E-state index is 11.4. The lowest BCUT2D eigenvalue weighted by Gasteiger charge is -2.13. The summed E-state index contributed by atoms with van der Waals surface area (Å²) in [5.74, 6) is 0.358. The van der Waals surface area contributed by atoms with E-state index in [4.69, 9.17) is 10.5 Å². The highest BCUT2D eigenvalue weighted by atomic mass is 16.5. The first-order chi connectivity index (χ1) is 7.07. The van der Waals surface area contributed by atoms with E-state index in [-0.39, 0.29) is 5.91 Å². The maximum atomic E-state index is 11.4. The van der Waals surface area contributed by atoms with Crippen molar-refractivity contribution in [3.63, 3.8) is 0 Å². The maximum Gasteiger partial charge on any atom is 0.236 e. The number of rotatable bonds is 8. The summed E-state index contributed by atoms with van der Waals surface area (Å²) in [6.45, 7) is 8.69. The Morgan fingerprint density at radius 2 is 2.27 bits per heavy atom. The van der Waals surface area contributed by atoms with Gasteiger partial charge in [0.2, 0.25) is 5.91 Å². The molecule has 4 nitrogen and oxygen atoms in total. The van der Waals surface area contributed by atoms with Gasteiger partial charge in [-0.15, -0.1) is 0 Å². The highest BCUT2D eigenvalue weighted by molar-refractivity contribution is 5.81. The van der Waals surface area contributed by atoms with Crippen LogP contribution in [0.15, 0.2) is 12.8 Å². The molecule has 0 aromatic heterocycles. The van der Waals surface area contributed by atoms with Gasteiger partial charge in [-0.1, -0.05) is 20.4 Å². The standard InChI is InChI=1S/C11H22N2O2/c1-4-15-7-5-6-13-11(14)10(12)8-9(2)3/h4,9-10H,1,5-8,12H2,2-3H3,(H,13,14)/t10-/m0/s1. The molecule has 0 rings (SSSR count). The number of ether oxygens (including phenoxy) is 1. The second-order valence-electron chi connectivity index (χ2n) is 3.92. The van der Waals surface area contributed by atoms with Crippen LogP contribution in [-0.2, 0) is 9.53 Å². The first-order valence-corrected chi connectivity index (χ1v) is 5.33. The summed E-state index contributed by atoms with van der Waals surface area (Å²) in [6.07, 6.45) is 2.88. The first-order valence-electron chi connectivity index (χ1n) is 5.33. The minimum Gasteiger partial charge on any atom is -0.502 e. The summed E-state index contributed by atoms with van der Waals surface area (Å²) < 4.78 is 4.92. The molecule has 3 N–H and O–H groups in total. The van der Waals surface area contributed by atoms with Gasteiger partial charge in [-0.3, -0.25) is 4.79 Å². The molecular weight excluding hydrogens is 192 g/mol. The Balaban J connectivity index is 3.51. The fourth-order valence-corrected chi connectivity index (χ4v) is 1.20. The van der Waals surface area contributed by atoms with Crippen LogP contribution in [0.2, 0.25) is 0 Å². The highest BCUT2D eigenvalue weighted by Crippen LogP contribution is 2.02. The molecule has 0 spiro atoms.